The zero-order chi connectivity index (χ0) is 25.3. The van der Waals surface area contributed by atoms with Crippen LogP contribution in [0.1, 0.15) is 38.2 Å². The molecule has 2 aromatic rings. The number of anilines is 3. The Kier molecular flexibility index (Phi) is 7.25. The molecule has 1 aliphatic heterocycles. The van der Waals surface area contributed by atoms with E-state index in [0.717, 1.165) is 36.6 Å². The Hall–Kier alpha value is -3.21. The number of nitrogens with zero attached hydrogens (tertiary/aromatic N) is 5. The van der Waals surface area contributed by atoms with Crippen molar-refractivity contribution in [2.45, 2.75) is 51.2 Å². The summed E-state index contributed by atoms with van der Waals surface area (Å²) in [4.78, 5) is 27.1. The van der Waals surface area contributed by atoms with Gasteiger partial charge in [0.25, 0.3) is 0 Å². The van der Waals surface area contributed by atoms with Gasteiger partial charge in [-0.15, -0.1) is 0 Å². The van der Waals surface area contributed by atoms with Crippen molar-refractivity contribution in [1.82, 2.24) is 14.9 Å². The number of methoxy groups -OCH3 is 2. The van der Waals surface area contributed by atoms with Gasteiger partial charge in [-0.05, 0) is 46.7 Å². The van der Waals surface area contributed by atoms with Gasteiger partial charge < -0.3 is 19.7 Å². The van der Waals surface area contributed by atoms with Crippen molar-refractivity contribution in [3.8, 4) is 11.5 Å². The minimum atomic E-state index is -0.980. The summed E-state index contributed by atoms with van der Waals surface area (Å²) in [5, 5.41) is 3.40. The number of hydrogen-bond donors (Lipinski definition) is 1. The van der Waals surface area contributed by atoms with Crippen molar-refractivity contribution < 1.29 is 23.0 Å². The maximum Gasteiger partial charge on any atom is 0.330 e. The third-order valence-corrected chi connectivity index (χ3v) is 6.78. The molecule has 0 atom stereocenters. The Labute approximate surface area is 204 Å². The van der Waals surface area contributed by atoms with Crippen LogP contribution in [0.3, 0.4) is 0 Å². The van der Waals surface area contributed by atoms with E-state index < -0.39 is 23.4 Å². The van der Waals surface area contributed by atoms with E-state index in [1.807, 2.05) is 0 Å². The molecule has 0 unspecified atom stereocenters. The number of halogens is 2. The molecule has 1 aromatic carbocycles. The van der Waals surface area contributed by atoms with E-state index >= 15 is 8.78 Å². The molecular formula is C24H32F2N6O3. The van der Waals surface area contributed by atoms with Crippen LogP contribution in [-0.2, 0) is 6.54 Å². The number of fused-ring (bicyclic) bond motifs is 1. The Bertz CT molecular complexity index is 1060. The fourth-order valence-electron chi connectivity index (χ4n) is 4.78. The minimum absolute atomic E-state index is 0.0942. The van der Waals surface area contributed by atoms with Gasteiger partial charge in [-0.2, -0.15) is 4.98 Å². The monoisotopic (exact) mass is 490 g/mol. The first-order valence-electron chi connectivity index (χ1n) is 11.8. The number of amides is 2. The molecule has 0 bridgehead atoms. The van der Waals surface area contributed by atoms with E-state index in [1.165, 1.54) is 19.1 Å². The standard InChI is InChI=1S/C24H32F2N6O3/c1-6-31-22-14(12-27-23(29-22)28-15-7-9-16(10-8-15)30(2)3)13-32(24(31)33)21-19(25)17(34-4)11-18(35-5)20(21)26/h11-12,15-16H,6-10,13H2,1-5H3,(H,27,28,29). The van der Waals surface area contributed by atoms with Crippen molar-refractivity contribution in [1.29, 1.82) is 0 Å². The summed E-state index contributed by atoms with van der Waals surface area (Å²) in [5.41, 5.74) is 0.0454. The number of nitrogens with one attached hydrogen (secondary N) is 1. The molecule has 9 nitrogen and oxygen atoms in total. The fraction of sp³-hybridized carbons (Fsp3) is 0.542. The molecule has 2 amide bonds. The van der Waals surface area contributed by atoms with Crippen LogP contribution in [0.2, 0.25) is 0 Å². The van der Waals surface area contributed by atoms with Gasteiger partial charge in [-0.25, -0.2) is 18.6 Å². The normalized spacial score (nSPS) is 20.2. The molecule has 1 saturated carbocycles. The molecule has 35 heavy (non-hydrogen) atoms. The highest BCUT2D eigenvalue weighted by atomic mass is 19.1. The second-order valence-electron chi connectivity index (χ2n) is 9.03. The first-order chi connectivity index (χ1) is 16.8. The highest BCUT2D eigenvalue weighted by Gasteiger charge is 2.37. The van der Waals surface area contributed by atoms with Gasteiger partial charge >= 0.3 is 6.03 Å². The SMILES string of the molecule is CCN1C(=O)N(c2c(F)c(OC)cc(OC)c2F)Cc2cnc(NC3CCC(N(C)C)CC3)nc21. The topological polar surface area (TPSA) is 83.1 Å². The van der Waals surface area contributed by atoms with Gasteiger partial charge in [0.1, 0.15) is 11.5 Å². The van der Waals surface area contributed by atoms with Crippen LogP contribution in [-0.4, -0.2) is 67.8 Å². The van der Waals surface area contributed by atoms with Crippen LogP contribution in [0.5, 0.6) is 11.5 Å². The number of carbonyl (C=O) groups is 1. The molecule has 0 radical (unpaired) electrons. The summed E-state index contributed by atoms with van der Waals surface area (Å²) >= 11 is 0. The van der Waals surface area contributed by atoms with E-state index in [-0.39, 0.29) is 30.6 Å². The highest BCUT2D eigenvalue weighted by molar-refractivity contribution is 6.05. The zero-order valence-corrected chi connectivity index (χ0v) is 20.8. The lowest BCUT2D eigenvalue weighted by Crippen LogP contribution is -2.48. The number of benzene rings is 1. The van der Waals surface area contributed by atoms with Gasteiger partial charge in [0, 0.05) is 36.5 Å². The number of hydrogen-bond acceptors (Lipinski definition) is 7. The average Bonchev–Trinajstić information content (AvgIpc) is 2.85. The lowest BCUT2D eigenvalue weighted by Gasteiger charge is -2.36. The zero-order valence-electron chi connectivity index (χ0n) is 20.8. The van der Waals surface area contributed by atoms with Crippen molar-refractivity contribution in [2.24, 2.45) is 0 Å². The Morgan fingerprint density at radius 1 is 1.11 bits per heavy atom. The second kappa shape index (κ2) is 10.2. The summed E-state index contributed by atoms with van der Waals surface area (Å²) in [6.07, 6.45) is 5.79. The van der Waals surface area contributed by atoms with Crippen LogP contribution in [0.15, 0.2) is 12.3 Å². The van der Waals surface area contributed by atoms with Gasteiger partial charge in [0.15, 0.2) is 23.1 Å². The Morgan fingerprint density at radius 2 is 1.74 bits per heavy atom. The Morgan fingerprint density at radius 3 is 2.29 bits per heavy atom. The quantitative estimate of drug-likeness (QED) is 0.628. The number of carbonyl (C=O) groups excluding carboxylic acids is 1. The molecule has 1 aromatic heterocycles. The second-order valence-corrected chi connectivity index (χ2v) is 9.03. The first kappa shape index (κ1) is 24.9. The van der Waals surface area contributed by atoms with E-state index in [0.29, 0.717) is 23.4 Å². The maximum absolute atomic E-state index is 15.1. The summed E-state index contributed by atoms with van der Waals surface area (Å²) in [5.74, 6) is -1.53. The Balaban J connectivity index is 1.62. The smallest absolute Gasteiger partial charge is 0.330 e. The van der Waals surface area contributed by atoms with Crippen molar-refractivity contribution in [3.05, 3.63) is 29.5 Å². The molecule has 2 heterocycles. The van der Waals surface area contributed by atoms with Gasteiger partial charge in [0.05, 0.1) is 20.8 Å². The van der Waals surface area contributed by atoms with Crippen molar-refractivity contribution in [3.63, 3.8) is 0 Å². The lowest BCUT2D eigenvalue weighted by molar-refractivity contribution is 0.221. The number of rotatable bonds is 7. The van der Waals surface area contributed by atoms with Crippen LogP contribution >= 0.6 is 0 Å². The molecule has 0 saturated heterocycles. The van der Waals surface area contributed by atoms with E-state index in [9.17, 15) is 4.79 Å². The molecule has 1 aliphatic carbocycles. The molecule has 0 spiro atoms. The molecule has 190 valence electrons. The summed E-state index contributed by atoms with van der Waals surface area (Å²) in [6.45, 7) is 1.95. The van der Waals surface area contributed by atoms with Crippen LogP contribution < -0.4 is 24.6 Å². The summed E-state index contributed by atoms with van der Waals surface area (Å²) in [7, 11) is 6.73. The third-order valence-electron chi connectivity index (χ3n) is 6.78. The van der Waals surface area contributed by atoms with Gasteiger partial charge in [-0.1, -0.05) is 0 Å². The number of aromatic nitrogens is 2. The van der Waals surface area contributed by atoms with Gasteiger partial charge in [-0.3, -0.25) is 9.80 Å². The van der Waals surface area contributed by atoms with E-state index in [2.05, 4.69) is 34.3 Å². The fourth-order valence-corrected chi connectivity index (χ4v) is 4.78. The molecular weight excluding hydrogens is 458 g/mol. The summed E-state index contributed by atoms with van der Waals surface area (Å²) in [6, 6.07) is 1.35. The summed E-state index contributed by atoms with van der Waals surface area (Å²) < 4.78 is 40.3. The lowest BCUT2D eigenvalue weighted by atomic mass is 9.91. The maximum atomic E-state index is 15.1. The number of urea groups is 1. The minimum Gasteiger partial charge on any atom is -0.493 e. The van der Waals surface area contributed by atoms with E-state index in [4.69, 9.17) is 9.47 Å². The van der Waals surface area contributed by atoms with Crippen molar-refractivity contribution in [2.75, 3.05) is 50.0 Å². The van der Waals surface area contributed by atoms with Crippen molar-refractivity contribution >= 4 is 23.5 Å². The molecule has 4 rings (SSSR count). The molecule has 1 fully saturated rings. The molecule has 1 N–H and O–H groups in total. The van der Waals surface area contributed by atoms with Crippen LogP contribution in [0.4, 0.5) is 31.0 Å². The van der Waals surface area contributed by atoms with Crippen LogP contribution in [0, 0.1) is 11.6 Å². The third kappa shape index (κ3) is 4.69. The van der Waals surface area contributed by atoms with Gasteiger partial charge in [0.2, 0.25) is 5.95 Å². The largest absolute Gasteiger partial charge is 0.493 e. The van der Waals surface area contributed by atoms with Crippen LogP contribution in [0.25, 0.3) is 0 Å². The van der Waals surface area contributed by atoms with E-state index in [1.54, 1.807) is 13.1 Å². The highest BCUT2D eigenvalue weighted by Crippen LogP contribution is 2.40. The molecule has 2 aliphatic rings. The first-order valence-corrected chi connectivity index (χ1v) is 11.8. The number of ether oxygens (including phenoxy) is 2. The predicted molar refractivity (Wildman–Crippen MR) is 129 cm³/mol. The molecule has 11 heteroatoms. The average molecular weight is 491 g/mol. The predicted octanol–water partition coefficient (Wildman–Crippen LogP) is 4.02.